The minimum atomic E-state index is -0.0844. The van der Waals surface area contributed by atoms with Crippen molar-refractivity contribution in [2.75, 3.05) is 26.4 Å². The summed E-state index contributed by atoms with van der Waals surface area (Å²) in [6.07, 6.45) is 2.98. The third kappa shape index (κ3) is 5.49. The molecule has 0 saturated carbocycles. The summed E-state index contributed by atoms with van der Waals surface area (Å²) in [5.41, 5.74) is 2.27. The van der Waals surface area contributed by atoms with Crippen LogP contribution in [0.2, 0.25) is 5.02 Å². The van der Waals surface area contributed by atoms with Crippen LogP contribution in [0.15, 0.2) is 48.5 Å². The van der Waals surface area contributed by atoms with Crippen LogP contribution in [0.5, 0.6) is 5.75 Å². The van der Waals surface area contributed by atoms with E-state index in [4.69, 9.17) is 21.1 Å². The Morgan fingerprint density at radius 3 is 2.43 bits per heavy atom. The van der Waals surface area contributed by atoms with Crippen molar-refractivity contribution >= 4 is 17.5 Å². The Morgan fingerprint density at radius 2 is 1.79 bits per heavy atom. The highest BCUT2D eigenvalue weighted by atomic mass is 35.5. The van der Waals surface area contributed by atoms with Crippen molar-refractivity contribution in [2.24, 2.45) is 0 Å². The Labute approximate surface area is 172 Å². The highest BCUT2D eigenvalue weighted by Crippen LogP contribution is 2.35. The molecule has 2 aromatic rings. The molecule has 0 aliphatic carbocycles. The summed E-state index contributed by atoms with van der Waals surface area (Å²) in [4.78, 5) is 12.5. The van der Waals surface area contributed by atoms with Gasteiger partial charge in [-0.15, -0.1) is 0 Å². The molecule has 1 saturated heterocycles. The maximum Gasteiger partial charge on any atom is 0.220 e. The lowest BCUT2D eigenvalue weighted by molar-refractivity contribution is -0.121. The van der Waals surface area contributed by atoms with Gasteiger partial charge in [-0.05, 0) is 61.6 Å². The predicted octanol–water partition coefficient (Wildman–Crippen LogP) is 4.54. The summed E-state index contributed by atoms with van der Waals surface area (Å²) in [6, 6.07) is 15.9. The average Bonchev–Trinajstić information content (AvgIpc) is 2.73. The van der Waals surface area contributed by atoms with E-state index < -0.39 is 0 Å². The number of carbonyl (C=O) groups excluding carboxylic acids is 1. The topological polar surface area (TPSA) is 47.6 Å². The number of ether oxygens (including phenoxy) is 2. The number of aryl methyl sites for hydroxylation is 1. The minimum absolute atomic E-state index is 0.0757. The predicted molar refractivity (Wildman–Crippen MR) is 112 cm³/mol. The zero-order valence-corrected chi connectivity index (χ0v) is 17.1. The van der Waals surface area contributed by atoms with Gasteiger partial charge in [0.15, 0.2) is 0 Å². The first-order valence-electron chi connectivity index (χ1n) is 9.93. The molecule has 0 unspecified atom stereocenters. The van der Waals surface area contributed by atoms with Crippen molar-refractivity contribution in [3.05, 3.63) is 64.7 Å². The van der Waals surface area contributed by atoms with Crippen LogP contribution in [0.3, 0.4) is 0 Å². The van der Waals surface area contributed by atoms with E-state index in [9.17, 15) is 4.79 Å². The number of nitrogens with one attached hydrogen (secondary N) is 1. The van der Waals surface area contributed by atoms with E-state index in [1.807, 2.05) is 43.3 Å². The molecule has 1 fully saturated rings. The number of halogens is 1. The van der Waals surface area contributed by atoms with Gasteiger partial charge in [0.25, 0.3) is 0 Å². The first-order chi connectivity index (χ1) is 13.6. The van der Waals surface area contributed by atoms with E-state index in [1.165, 1.54) is 5.56 Å². The molecule has 5 heteroatoms. The largest absolute Gasteiger partial charge is 0.494 e. The van der Waals surface area contributed by atoms with E-state index in [2.05, 4.69) is 17.4 Å². The second-order valence-electron chi connectivity index (χ2n) is 7.25. The minimum Gasteiger partial charge on any atom is -0.494 e. The smallest absolute Gasteiger partial charge is 0.220 e. The van der Waals surface area contributed by atoms with E-state index in [1.54, 1.807) is 0 Å². The normalized spacial score (nSPS) is 15.8. The quantitative estimate of drug-likeness (QED) is 0.706. The fourth-order valence-electron chi connectivity index (χ4n) is 3.67. The SMILES string of the molecule is CCOc1ccc(C2(CNC(=O)CCc3ccc(Cl)cc3)CCOCC2)cc1. The summed E-state index contributed by atoms with van der Waals surface area (Å²) >= 11 is 5.91. The molecule has 1 amide bonds. The maximum atomic E-state index is 12.5. The van der Waals surface area contributed by atoms with Gasteiger partial charge in [0, 0.05) is 36.6 Å². The molecule has 3 rings (SSSR count). The van der Waals surface area contributed by atoms with Gasteiger partial charge in [0.2, 0.25) is 5.91 Å². The average molecular weight is 402 g/mol. The van der Waals surface area contributed by atoms with Gasteiger partial charge in [0.05, 0.1) is 6.61 Å². The molecule has 0 radical (unpaired) electrons. The number of amides is 1. The van der Waals surface area contributed by atoms with Crippen LogP contribution >= 0.6 is 11.6 Å². The van der Waals surface area contributed by atoms with Gasteiger partial charge in [-0.2, -0.15) is 0 Å². The van der Waals surface area contributed by atoms with Crippen molar-refractivity contribution < 1.29 is 14.3 Å². The highest BCUT2D eigenvalue weighted by molar-refractivity contribution is 6.30. The molecule has 1 heterocycles. The molecule has 0 atom stereocenters. The fourth-order valence-corrected chi connectivity index (χ4v) is 3.79. The van der Waals surface area contributed by atoms with Crippen LogP contribution in [-0.2, 0) is 21.4 Å². The van der Waals surface area contributed by atoms with Gasteiger partial charge in [-0.25, -0.2) is 0 Å². The van der Waals surface area contributed by atoms with Crippen molar-refractivity contribution in [2.45, 2.75) is 38.0 Å². The van der Waals surface area contributed by atoms with Crippen molar-refractivity contribution in [1.29, 1.82) is 0 Å². The maximum absolute atomic E-state index is 12.5. The first kappa shape index (κ1) is 20.7. The Morgan fingerprint density at radius 1 is 1.11 bits per heavy atom. The van der Waals surface area contributed by atoms with Crippen LogP contribution in [0.4, 0.5) is 0 Å². The second kappa shape index (κ2) is 9.94. The van der Waals surface area contributed by atoms with Crippen LogP contribution in [-0.4, -0.2) is 32.3 Å². The lowest BCUT2D eigenvalue weighted by atomic mass is 9.74. The first-order valence-corrected chi connectivity index (χ1v) is 10.3. The van der Waals surface area contributed by atoms with Gasteiger partial charge in [-0.3, -0.25) is 4.79 Å². The summed E-state index contributed by atoms with van der Waals surface area (Å²) in [7, 11) is 0. The third-order valence-electron chi connectivity index (χ3n) is 5.41. The van der Waals surface area contributed by atoms with E-state index in [0.29, 0.717) is 44.2 Å². The summed E-state index contributed by atoms with van der Waals surface area (Å²) < 4.78 is 11.1. The lowest BCUT2D eigenvalue weighted by Gasteiger charge is -2.38. The monoisotopic (exact) mass is 401 g/mol. The van der Waals surface area contributed by atoms with Crippen molar-refractivity contribution in [3.8, 4) is 5.75 Å². The van der Waals surface area contributed by atoms with Crippen LogP contribution < -0.4 is 10.1 Å². The number of hydrogen-bond acceptors (Lipinski definition) is 3. The van der Waals surface area contributed by atoms with Crippen LogP contribution in [0, 0.1) is 0 Å². The van der Waals surface area contributed by atoms with Crippen LogP contribution in [0.25, 0.3) is 0 Å². The zero-order chi connectivity index (χ0) is 19.8. The summed E-state index contributed by atoms with van der Waals surface area (Å²) in [5, 5.41) is 3.87. The molecule has 2 aromatic carbocycles. The zero-order valence-electron chi connectivity index (χ0n) is 16.4. The van der Waals surface area contributed by atoms with Gasteiger partial charge < -0.3 is 14.8 Å². The number of hydrogen-bond donors (Lipinski definition) is 1. The molecule has 1 N–H and O–H groups in total. The Balaban J connectivity index is 1.60. The lowest BCUT2D eigenvalue weighted by Crippen LogP contribution is -2.44. The Hall–Kier alpha value is -2.04. The highest BCUT2D eigenvalue weighted by Gasteiger charge is 2.34. The standard InChI is InChI=1S/C23H28ClNO3/c1-2-28-21-10-6-19(7-11-21)23(13-15-27-16-14-23)17-25-22(26)12-5-18-3-8-20(24)9-4-18/h3-4,6-11H,2,5,12-17H2,1H3,(H,25,26). The van der Waals surface area contributed by atoms with Crippen molar-refractivity contribution in [1.82, 2.24) is 5.32 Å². The van der Waals surface area contributed by atoms with Crippen molar-refractivity contribution in [3.63, 3.8) is 0 Å². The van der Waals surface area contributed by atoms with E-state index in [0.717, 1.165) is 24.2 Å². The van der Waals surface area contributed by atoms with E-state index >= 15 is 0 Å². The number of carbonyl (C=O) groups is 1. The molecule has 0 bridgehead atoms. The summed E-state index contributed by atoms with van der Waals surface area (Å²) in [6.45, 7) is 4.70. The molecule has 1 aliphatic rings. The fraction of sp³-hybridized carbons (Fsp3) is 0.435. The Bertz CT molecular complexity index is 752. The molecule has 0 spiro atoms. The third-order valence-corrected chi connectivity index (χ3v) is 5.66. The summed E-state index contributed by atoms with van der Waals surface area (Å²) in [5.74, 6) is 0.951. The molecule has 4 nitrogen and oxygen atoms in total. The molecule has 28 heavy (non-hydrogen) atoms. The van der Waals surface area contributed by atoms with Gasteiger partial charge in [0.1, 0.15) is 5.75 Å². The van der Waals surface area contributed by atoms with Crippen LogP contribution in [0.1, 0.15) is 37.3 Å². The van der Waals surface area contributed by atoms with E-state index in [-0.39, 0.29) is 11.3 Å². The van der Waals surface area contributed by atoms with Gasteiger partial charge >= 0.3 is 0 Å². The molecule has 1 aliphatic heterocycles. The molecule has 0 aromatic heterocycles. The van der Waals surface area contributed by atoms with Gasteiger partial charge in [-0.1, -0.05) is 35.9 Å². The number of rotatable bonds is 8. The second-order valence-corrected chi connectivity index (χ2v) is 7.69. The molecule has 150 valence electrons. The number of benzene rings is 2. The Kier molecular flexibility index (Phi) is 7.35. The molecular weight excluding hydrogens is 374 g/mol. The molecular formula is C23H28ClNO3.